The average molecular weight is 173 g/mol. The number of fused-ring (bicyclic) bond motifs is 3. The number of hydrogen-bond donors (Lipinski definition) is 2. The Labute approximate surface area is 76.3 Å². The van der Waals surface area contributed by atoms with Crippen molar-refractivity contribution in [3.05, 3.63) is 36.0 Å². The summed E-state index contributed by atoms with van der Waals surface area (Å²) in [6, 6.07) is 10.7. The van der Waals surface area contributed by atoms with Crippen LogP contribution in [0.4, 0.5) is 0 Å². The van der Waals surface area contributed by atoms with Crippen LogP contribution in [-0.4, -0.2) is 4.57 Å². The molecule has 0 fully saturated rings. The lowest BCUT2D eigenvalue weighted by molar-refractivity contribution is 0.404. The fourth-order valence-corrected chi connectivity index (χ4v) is 1.89. The summed E-state index contributed by atoms with van der Waals surface area (Å²) in [6.07, 6.45) is 0. The second-order valence-corrected chi connectivity index (χ2v) is 3.31. The summed E-state index contributed by atoms with van der Waals surface area (Å²) in [7, 11) is 0. The van der Waals surface area contributed by atoms with Gasteiger partial charge in [-0.05, 0) is 17.5 Å². The minimum atomic E-state index is 0.850. The van der Waals surface area contributed by atoms with E-state index in [1.165, 1.54) is 16.6 Å². The molecule has 0 atom stereocenters. The van der Waals surface area contributed by atoms with Crippen molar-refractivity contribution in [1.29, 1.82) is 0 Å². The molecule has 13 heavy (non-hydrogen) atoms. The number of benzene rings is 1. The fourth-order valence-electron chi connectivity index (χ4n) is 1.89. The Bertz CT molecular complexity index is 444. The van der Waals surface area contributed by atoms with Gasteiger partial charge in [0.25, 0.3) is 0 Å². The molecular weight excluding hydrogens is 162 g/mol. The normalized spacial score (nSPS) is 16.0. The van der Waals surface area contributed by atoms with Crippen LogP contribution in [0.2, 0.25) is 0 Å². The summed E-state index contributed by atoms with van der Waals surface area (Å²) in [5.74, 6) is 0. The Balaban J connectivity index is 2.34. The Morgan fingerprint density at radius 1 is 1.15 bits per heavy atom. The molecule has 0 spiro atoms. The highest BCUT2D eigenvalue weighted by Gasteiger charge is 2.10. The van der Waals surface area contributed by atoms with Gasteiger partial charge in [-0.25, -0.2) is 5.43 Å². The maximum absolute atomic E-state index is 3.13. The third-order valence-corrected chi connectivity index (χ3v) is 2.53. The highest BCUT2D eigenvalue weighted by Crippen LogP contribution is 2.19. The number of hydrazine groups is 1. The van der Waals surface area contributed by atoms with Crippen molar-refractivity contribution in [3.63, 3.8) is 0 Å². The molecule has 2 heterocycles. The van der Waals surface area contributed by atoms with Gasteiger partial charge in [0.2, 0.25) is 0 Å². The van der Waals surface area contributed by atoms with Crippen LogP contribution in [-0.2, 0) is 13.2 Å². The first-order valence-corrected chi connectivity index (χ1v) is 4.48. The van der Waals surface area contributed by atoms with Crippen LogP contribution in [0.25, 0.3) is 10.9 Å². The number of rotatable bonds is 0. The van der Waals surface area contributed by atoms with E-state index < -0.39 is 0 Å². The Hall–Kier alpha value is -1.32. The van der Waals surface area contributed by atoms with Gasteiger partial charge in [-0.1, -0.05) is 18.2 Å². The molecule has 3 nitrogen and oxygen atoms in total. The van der Waals surface area contributed by atoms with E-state index in [0.29, 0.717) is 0 Å². The first kappa shape index (κ1) is 7.12. The molecule has 1 aliphatic rings. The summed E-state index contributed by atoms with van der Waals surface area (Å²) >= 11 is 0. The van der Waals surface area contributed by atoms with Gasteiger partial charge in [-0.15, -0.1) is 0 Å². The third kappa shape index (κ3) is 0.978. The van der Waals surface area contributed by atoms with Crippen LogP contribution in [0, 0.1) is 0 Å². The quantitative estimate of drug-likeness (QED) is 0.627. The molecule has 0 saturated carbocycles. The van der Waals surface area contributed by atoms with E-state index in [1.54, 1.807) is 0 Å². The molecule has 0 saturated heterocycles. The summed E-state index contributed by atoms with van der Waals surface area (Å²) in [5, 5.41) is 1.32. The first-order valence-electron chi connectivity index (χ1n) is 4.48. The molecule has 0 amide bonds. The number of para-hydroxylation sites is 1. The smallest absolute Gasteiger partial charge is 0.0857 e. The molecule has 2 aromatic rings. The predicted octanol–water partition coefficient (Wildman–Crippen LogP) is 1.21. The molecule has 3 rings (SSSR count). The summed E-state index contributed by atoms with van der Waals surface area (Å²) in [5.41, 5.74) is 8.92. The van der Waals surface area contributed by atoms with Crippen LogP contribution in [0.5, 0.6) is 0 Å². The predicted molar refractivity (Wildman–Crippen MR) is 51.9 cm³/mol. The van der Waals surface area contributed by atoms with Crippen LogP contribution >= 0.6 is 0 Å². The van der Waals surface area contributed by atoms with Crippen molar-refractivity contribution in [3.8, 4) is 0 Å². The molecule has 0 bridgehead atoms. The van der Waals surface area contributed by atoms with Gasteiger partial charge in [0.05, 0.1) is 13.2 Å². The lowest BCUT2D eigenvalue weighted by Crippen LogP contribution is -2.38. The van der Waals surface area contributed by atoms with E-state index in [0.717, 1.165) is 13.2 Å². The second kappa shape index (κ2) is 2.58. The van der Waals surface area contributed by atoms with Gasteiger partial charge in [0.1, 0.15) is 0 Å². The standard InChI is InChI=1S/C10H11N3/c1-2-4-10-8(3-1)5-9-6-11-12-7-13(9)10/h1-5,11-12H,6-7H2. The molecule has 0 unspecified atom stereocenters. The van der Waals surface area contributed by atoms with Crippen molar-refractivity contribution in [2.24, 2.45) is 0 Å². The largest absolute Gasteiger partial charge is 0.329 e. The molecule has 2 N–H and O–H groups in total. The van der Waals surface area contributed by atoms with Crippen molar-refractivity contribution in [2.45, 2.75) is 13.2 Å². The number of hydrogen-bond acceptors (Lipinski definition) is 2. The number of nitrogens with zero attached hydrogens (tertiary/aromatic N) is 1. The van der Waals surface area contributed by atoms with E-state index in [2.05, 4.69) is 45.8 Å². The van der Waals surface area contributed by atoms with Gasteiger partial charge >= 0.3 is 0 Å². The number of nitrogens with one attached hydrogen (secondary N) is 2. The molecule has 1 aliphatic heterocycles. The van der Waals surface area contributed by atoms with E-state index >= 15 is 0 Å². The van der Waals surface area contributed by atoms with Crippen LogP contribution in [0.3, 0.4) is 0 Å². The zero-order valence-corrected chi connectivity index (χ0v) is 7.25. The molecule has 66 valence electrons. The second-order valence-electron chi connectivity index (χ2n) is 3.31. The van der Waals surface area contributed by atoms with Crippen LogP contribution in [0.1, 0.15) is 5.69 Å². The van der Waals surface area contributed by atoms with Gasteiger partial charge in [0.15, 0.2) is 0 Å². The maximum atomic E-state index is 3.13. The molecule has 1 aromatic carbocycles. The Kier molecular flexibility index (Phi) is 1.41. The van der Waals surface area contributed by atoms with Gasteiger partial charge in [-0.2, -0.15) is 0 Å². The Morgan fingerprint density at radius 3 is 3.08 bits per heavy atom. The Morgan fingerprint density at radius 2 is 2.08 bits per heavy atom. The maximum Gasteiger partial charge on any atom is 0.0857 e. The molecule has 0 aliphatic carbocycles. The molecule has 0 radical (unpaired) electrons. The summed E-state index contributed by atoms with van der Waals surface area (Å²) in [4.78, 5) is 0. The van der Waals surface area contributed by atoms with Crippen molar-refractivity contribution < 1.29 is 0 Å². The molecular formula is C10H11N3. The van der Waals surface area contributed by atoms with Crippen LogP contribution in [0.15, 0.2) is 30.3 Å². The summed E-state index contributed by atoms with van der Waals surface area (Å²) in [6.45, 7) is 1.75. The van der Waals surface area contributed by atoms with Gasteiger partial charge in [0, 0.05) is 11.2 Å². The van der Waals surface area contributed by atoms with Crippen molar-refractivity contribution >= 4 is 10.9 Å². The zero-order chi connectivity index (χ0) is 8.67. The lowest BCUT2D eigenvalue weighted by atomic mass is 10.2. The third-order valence-electron chi connectivity index (χ3n) is 2.53. The fraction of sp³-hybridized carbons (Fsp3) is 0.200. The summed E-state index contributed by atoms with van der Waals surface area (Å²) < 4.78 is 2.30. The van der Waals surface area contributed by atoms with Crippen LogP contribution < -0.4 is 10.9 Å². The van der Waals surface area contributed by atoms with E-state index in [1.807, 2.05) is 0 Å². The molecule has 1 aromatic heterocycles. The number of aromatic nitrogens is 1. The molecule has 3 heteroatoms. The van der Waals surface area contributed by atoms with E-state index in [9.17, 15) is 0 Å². The van der Waals surface area contributed by atoms with E-state index in [-0.39, 0.29) is 0 Å². The van der Waals surface area contributed by atoms with Crippen molar-refractivity contribution in [2.75, 3.05) is 0 Å². The SMILES string of the molecule is c1ccc2c(c1)cc1n2CNNC1. The van der Waals surface area contributed by atoms with Crippen molar-refractivity contribution in [1.82, 2.24) is 15.4 Å². The highest BCUT2D eigenvalue weighted by atomic mass is 15.4. The zero-order valence-electron chi connectivity index (χ0n) is 7.25. The average Bonchev–Trinajstić information content (AvgIpc) is 2.56. The minimum Gasteiger partial charge on any atom is -0.329 e. The van der Waals surface area contributed by atoms with Gasteiger partial charge in [-0.3, -0.25) is 5.43 Å². The first-order chi connectivity index (χ1) is 6.45. The van der Waals surface area contributed by atoms with Gasteiger partial charge < -0.3 is 4.57 Å². The lowest BCUT2D eigenvalue weighted by Gasteiger charge is -2.18. The monoisotopic (exact) mass is 173 g/mol. The minimum absolute atomic E-state index is 0.850. The topological polar surface area (TPSA) is 29.0 Å². The van der Waals surface area contributed by atoms with E-state index in [4.69, 9.17) is 0 Å². The highest BCUT2D eigenvalue weighted by molar-refractivity contribution is 5.81.